The number of likely N-dealkylation sites (tertiary alicyclic amines) is 1. The monoisotopic (exact) mass is 390 g/mol. The number of amides is 2. The maximum absolute atomic E-state index is 13.7. The Morgan fingerprint density at radius 2 is 2.03 bits per heavy atom. The number of carbonyl (C=O) groups is 2. The second-order valence-corrected chi connectivity index (χ2v) is 7.58. The molecule has 3 heterocycles. The Labute approximate surface area is 166 Å². The van der Waals surface area contributed by atoms with Crippen LogP contribution >= 0.6 is 0 Å². The highest BCUT2D eigenvalue weighted by Gasteiger charge is 2.50. The summed E-state index contributed by atoms with van der Waals surface area (Å²) >= 11 is 0. The van der Waals surface area contributed by atoms with Crippen molar-refractivity contribution in [1.29, 1.82) is 0 Å². The van der Waals surface area contributed by atoms with Crippen LogP contribution < -0.4 is 5.32 Å². The van der Waals surface area contributed by atoms with Gasteiger partial charge >= 0.3 is 0 Å². The van der Waals surface area contributed by atoms with Crippen molar-refractivity contribution >= 4 is 17.5 Å². The molecule has 0 aliphatic carbocycles. The number of rotatable bonds is 2. The number of fused-ring (bicyclic) bond motifs is 2. The fourth-order valence-electron chi connectivity index (χ4n) is 4.49. The molecule has 2 amide bonds. The van der Waals surface area contributed by atoms with E-state index in [1.165, 1.54) is 18.3 Å². The van der Waals surface area contributed by atoms with Crippen molar-refractivity contribution in [3.8, 4) is 11.3 Å². The smallest absolute Gasteiger partial charge is 0.257 e. The lowest BCUT2D eigenvalue weighted by Crippen LogP contribution is -2.51. The van der Waals surface area contributed by atoms with Crippen LogP contribution in [0.1, 0.15) is 28.8 Å². The predicted octanol–water partition coefficient (Wildman–Crippen LogP) is 3.34. The summed E-state index contributed by atoms with van der Waals surface area (Å²) in [4.78, 5) is 27.9. The number of benzene rings is 2. The van der Waals surface area contributed by atoms with E-state index >= 15 is 0 Å². The van der Waals surface area contributed by atoms with Crippen LogP contribution in [0.3, 0.4) is 0 Å². The van der Waals surface area contributed by atoms with E-state index in [4.69, 9.17) is 0 Å². The third-order valence-electron chi connectivity index (χ3n) is 5.89. The maximum Gasteiger partial charge on any atom is 0.257 e. The summed E-state index contributed by atoms with van der Waals surface area (Å²) in [6.07, 6.45) is 2.88. The van der Waals surface area contributed by atoms with Crippen LogP contribution in [0.4, 0.5) is 10.1 Å². The molecule has 1 aromatic heterocycles. The number of carbonyl (C=O) groups excluding carboxylic acids is 2. The molecule has 1 fully saturated rings. The van der Waals surface area contributed by atoms with Crippen LogP contribution in [-0.2, 0) is 10.2 Å². The maximum atomic E-state index is 13.7. The largest absolute Gasteiger partial charge is 0.337 e. The van der Waals surface area contributed by atoms with Gasteiger partial charge in [-0.25, -0.2) is 4.39 Å². The minimum Gasteiger partial charge on any atom is -0.337 e. The summed E-state index contributed by atoms with van der Waals surface area (Å²) in [5.41, 5.74) is 2.44. The number of H-pyrrole nitrogens is 1. The Morgan fingerprint density at radius 3 is 2.90 bits per heavy atom. The van der Waals surface area contributed by atoms with Crippen molar-refractivity contribution in [2.75, 3.05) is 18.4 Å². The first-order valence-corrected chi connectivity index (χ1v) is 9.58. The number of piperidine rings is 1. The van der Waals surface area contributed by atoms with Crippen LogP contribution in [0.25, 0.3) is 11.3 Å². The Morgan fingerprint density at radius 1 is 1.17 bits per heavy atom. The second-order valence-electron chi connectivity index (χ2n) is 7.58. The number of hydrogen-bond donors (Lipinski definition) is 2. The third kappa shape index (κ3) is 2.73. The molecule has 6 nitrogen and oxygen atoms in total. The van der Waals surface area contributed by atoms with Crippen LogP contribution in [0, 0.1) is 5.82 Å². The summed E-state index contributed by atoms with van der Waals surface area (Å²) in [5, 5.41) is 9.78. The zero-order valence-electron chi connectivity index (χ0n) is 15.6. The van der Waals surface area contributed by atoms with Crippen molar-refractivity contribution in [1.82, 2.24) is 15.1 Å². The molecule has 1 spiro atoms. The lowest BCUT2D eigenvalue weighted by atomic mass is 9.75. The molecule has 7 heteroatoms. The number of aromatic nitrogens is 2. The van der Waals surface area contributed by atoms with Crippen molar-refractivity contribution in [3.63, 3.8) is 0 Å². The van der Waals surface area contributed by atoms with Crippen molar-refractivity contribution in [3.05, 3.63) is 71.7 Å². The van der Waals surface area contributed by atoms with Gasteiger partial charge in [-0.2, -0.15) is 5.10 Å². The Hall–Kier alpha value is -3.48. The molecule has 5 rings (SSSR count). The molecule has 1 atom stereocenters. The molecule has 2 aliphatic heterocycles. The molecule has 29 heavy (non-hydrogen) atoms. The fourth-order valence-corrected chi connectivity index (χ4v) is 4.49. The molecular weight excluding hydrogens is 371 g/mol. The van der Waals surface area contributed by atoms with Gasteiger partial charge in [-0.1, -0.05) is 30.3 Å². The van der Waals surface area contributed by atoms with Gasteiger partial charge in [-0.3, -0.25) is 14.7 Å². The first-order chi connectivity index (χ1) is 14.1. The number of nitrogens with one attached hydrogen (secondary N) is 2. The molecule has 3 aromatic rings. The molecule has 0 saturated carbocycles. The van der Waals surface area contributed by atoms with Crippen molar-refractivity contribution in [2.24, 2.45) is 0 Å². The van der Waals surface area contributed by atoms with Gasteiger partial charge in [0.15, 0.2) is 0 Å². The molecule has 0 unspecified atom stereocenters. The van der Waals surface area contributed by atoms with Gasteiger partial charge in [0.1, 0.15) is 5.82 Å². The van der Waals surface area contributed by atoms with Crippen LogP contribution in [0.5, 0.6) is 0 Å². The van der Waals surface area contributed by atoms with E-state index in [1.54, 1.807) is 17.0 Å². The lowest BCUT2D eigenvalue weighted by Gasteiger charge is -2.39. The SMILES string of the molecule is O=C(c1cn[nH]c1-c1cccc(F)c1)N1CCC[C@@]2(C1)C(=O)Nc1ccccc12. The van der Waals surface area contributed by atoms with Crippen LogP contribution in [0.2, 0.25) is 0 Å². The first-order valence-electron chi connectivity index (χ1n) is 9.58. The molecule has 0 radical (unpaired) electrons. The quantitative estimate of drug-likeness (QED) is 0.705. The van der Waals surface area contributed by atoms with E-state index < -0.39 is 5.41 Å². The van der Waals surface area contributed by atoms with E-state index in [-0.39, 0.29) is 17.6 Å². The number of halogens is 1. The Kier molecular flexibility index (Phi) is 3.97. The highest BCUT2D eigenvalue weighted by atomic mass is 19.1. The molecule has 2 N–H and O–H groups in total. The normalized spacial score (nSPS) is 20.6. The van der Waals surface area contributed by atoms with Crippen LogP contribution in [-0.4, -0.2) is 40.0 Å². The van der Waals surface area contributed by atoms with Gasteiger partial charge < -0.3 is 10.2 Å². The number of anilines is 1. The summed E-state index contributed by atoms with van der Waals surface area (Å²) in [6.45, 7) is 0.867. The molecule has 0 bridgehead atoms. The number of hydrogen-bond acceptors (Lipinski definition) is 3. The highest BCUT2D eigenvalue weighted by Crippen LogP contribution is 2.44. The van der Waals surface area contributed by atoms with Gasteiger partial charge in [-0.15, -0.1) is 0 Å². The minimum atomic E-state index is -0.729. The highest BCUT2D eigenvalue weighted by molar-refractivity contribution is 6.07. The second kappa shape index (κ2) is 6.55. The molecular formula is C22H19FN4O2. The Bertz CT molecular complexity index is 1130. The van der Waals surface area contributed by atoms with Gasteiger partial charge in [0, 0.05) is 24.3 Å². The average molecular weight is 390 g/mol. The van der Waals surface area contributed by atoms with Gasteiger partial charge in [0.2, 0.25) is 5.91 Å². The minimum absolute atomic E-state index is 0.0613. The molecule has 1 saturated heterocycles. The van der Waals surface area contributed by atoms with Crippen molar-refractivity contribution < 1.29 is 14.0 Å². The third-order valence-corrected chi connectivity index (χ3v) is 5.89. The fraction of sp³-hybridized carbons (Fsp3) is 0.227. The predicted molar refractivity (Wildman–Crippen MR) is 106 cm³/mol. The topological polar surface area (TPSA) is 78.1 Å². The Balaban J connectivity index is 1.48. The molecule has 2 aliphatic rings. The summed E-state index contributed by atoms with van der Waals surface area (Å²) in [7, 11) is 0. The van der Waals surface area contributed by atoms with Gasteiger partial charge in [0.05, 0.1) is 22.9 Å². The van der Waals surface area contributed by atoms with E-state index in [1.807, 2.05) is 24.3 Å². The average Bonchev–Trinajstić information content (AvgIpc) is 3.32. The summed E-state index contributed by atoms with van der Waals surface area (Å²) in [6, 6.07) is 13.7. The number of para-hydroxylation sites is 1. The van der Waals surface area contributed by atoms with Crippen LogP contribution in [0.15, 0.2) is 54.7 Å². The van der Waals surface area contributed by atoms with E-state index in [2.05, 4.69) is 15.5 Å². The zero-order chi connectivity index (χ0) is 20.0. The number of nitrogens with zero attached hydrogens (tertiary/aromatic N) is 2. The van der Waals surface area contributed by atoms with E-state index in [0.717, 1.165) is 17.7 Å². The standard InChI is InChI=1S/C22H19FN4O2/c23-15-6-3-5-14(11-15)19-16(12-24-26-19)20(28)27-10-4-9-22(13-27)17-7-1-2-8-18(17)25-21(22)29/h1-3,5-8,11-12H,4,9-10,13H2,(H,24,26)(H,25,29)/t22-/m0/s1. The van der Waals surface area contributed by atoms with Crippen molar-refractivity contribution in [2.45, 2.75) is 18.3 Å². The summed E-state index contributed by atoms with van der Waals surface area (Å²) < 4.78 is 13.7. The zero-order valence-corrected chi connectivity index (χ0v) is 15.6. The van der Waals surface area contributed by atoms with E-state index in [0.29, 0.717) is 36.3 Å². The van der Waals surface area contributed by atoms with Gasteiger partial charge in [0.25, 0.3) is 5.91 Å². The summed E-state index contributed by atoms with van der Waals surface area (Å²) in [5.74, 6) is -0.658. The van der Waals surface area contributed by atoms with Gasteiger partial charge in [-0.05, 0) is 36.6 Å². The first kappa shape index (κ1) is 17.6. The molecule has 2 aromatic carbocycles. The number of aromatic amines is 1. The van der Waals surface area contributed by atoms with E-state index in [9.17, 15) is 14.0 Å². The lowest BCUT2D eigenvalue weighted by molar-refractivity contribution is -0.122. The molecule has 146 valence electrons.